The van der Waals surface area contributed by atoms with Crippen molar-refractivity contribution in [3.63, 3.8) is 0 Å². The number of ether oxygens (including phenoxy) is 4. The summed E-state index contributed by atoms with van der Waals surface area (Å²) in [6.45, 7) is 1.28. The smallest absolute Gasteiger partial charge is 0.308 e. The van der Waals surface area contributed by atoms with Gasteiger partial charge in [0.1, 0.15) is 5.78 Å². The number of hydrogen-bond acceptors (Lipinski definition) is 7. The molecule has 7 heteroatoms. The highest BCUT2D eigenvalue weighted by Crippen LogP contribution is 2.39. The summed E-state index contributed by atoms with van der Waals surface area (Å²) in [4.78, 5) is 34.0. The van der Waals surface area contributed by atoms with E-state index in [1.54, 1.807) is 12.1 Å². The van der Waals surface area contributed by atoms with Crippen molar-refractivity contribution in [3.05, 3.63) is 17.7 Å². The lowest BCUT2D eigenvalue weighted by molar-refractivity contribution is -0.142. The van der Waals surface area contributed by atoms with Gasteiger partial charge in [0.25, 0.3) is 0 Å². The molecule has 24 heavy (non-hydrogen) atoms. The third kappa shape index (κ3) is 5.91. The number of Topliss-reactive ketones (excluding diaryl/α,β-unsaturated/α-hetero) is 1. The number of aryl methyl sites for hydroxylation is 1. The van der Waals surface area contributed by atoms with E-state index in [4.69, 9.17) is 14.2 Å². The zero-order chi connectivity index (χ0) is 18.1. The lowest BCUT2D eigenvalue weighted by atomic mass is 10.0. The summed E-state index contributed by atoms with van der Waals surface area (Å²) in [5, 5.41) is 0. The van der Waals surface area contributed by atoms with E-state index in [-0.39, 0.29) is 30.8 Å². The average molecular weight is 338 g/mol. The predicted octanol–water partition coefficient (Wildman–Crippen LogP) is 2.08. The van der Waals surface area contributed by atoms with E-state index in [2.05, 4.69) is 4.74 Å². The Hall–Kier alpha value is -2.57. The maximum atomic E-state index is 11.8. The fourth-order valence-corrected chi connectivity index (χ4v) is 2.08. The van der Waals surface area contributed by atoms with Crippen molar-refractivity contribution in [1.29, 1.82) is 0 Å². The van der Waals surface area contributed by atoms with Gasteiger partial charge < -0.3 is 18.9 Å². The Kier molecular flexibility index (Phi) is 7.74. The van der Waals surface area contributed by atoms with Crippen molar-refractivity contribution in [1.82, 2.24) is 0 Å². The second kappa shape index (κ2) is 9.54. The molecule has 0 aliphatic heterocycles. The molecule has 7 nitrogen and oxygen atoms in total. The van der Waals surface area contributed by atoms with E-state index in [1.165, 1.54) is 28.3 Å². The topological polar surface area (TPSA) is 88.1 Å². The van der Waals surface area contributed by atoms with E-state index >= 15 is 0 Å². The van der Waals surface area contributed by atoms with Crippen molar-refractivity contribution in [2.45, 2.75) is 32.6 Å². The molecule has 0 radical (unpaired) electrons. The van der Waals surface area contributed by atoms with Crippen LogP contribution in [0.5, 0.6) is 17.2 Å². The van der Waals surface area contributed by atoms with Gasteiger partial charge in [-0.3, -0.25) is 14.4 Å². The highest BCUT2D eigenvalue weighted by molar-refractivity contribution is 5.83. The molecule has 0 aromatic heterocycles. The van der Waals surface area contributed by atoms with Gasteiger partial charge in [-0.05, 0) is 24.1 Å². The molecule has 0 aliphatic carbocycles. The van der Waals surface area contributed by atoms with E-state index in [0.29, 0.717) is 17.9 Å². The highest BCUT2D eigenvalue weighted by atomic mass is 16.6. The van der Waals surface area contributed by atoms with Crippen LogP contribution >= 0.6 is 0 Å². The van der Waals surface area contributed by atoms with Gasteiger partial charge in [0.15, 0.2) is 11.5 Å². The summed E-state index contributed by atoms with van der Waals surface area (Å²) >= 11 is 0. The Morgan fingerprint density at radius 3 is 1.96 bits per heavy atom. The fraction of sp³-hybridized carbons (Fsp3) is 0.471. The third-order valence-electron chi connectivity index (χ3n) is 3.29. The molecule has 0 fully saturated rings. The van der Waals surface area contributed by atoms with E-state index in [9.17, 15) is 14.4 Å². The fourth-order valence-electron chi connectivity index (χ4n) is 2.08. The molecule has 1 rings (SSSR count). The molecule has 0 bridgehead atoms. The van der Waals surface area contributed by atoms with E-state index < -0.39 is 11.9 Å². The van der Waals surface area contributed by atoms with Gasteiger partial charge in [-0.15, -0.1) is 0 Å². The van der Waals surface area contributed by atoms with Crippen molar-refractivity contribution in [3.8, 4) is 17.2 Å². The number of ketones is 1. The summed E-state index contributed by atoms with van der Waals surface area (Å²) in [6.07, 6.45) is 0.948. The van der Waals surface area contributed by atoms with Gasteiger partial charge in [0.05, 0.1) is 27.8 Å². The number of benzene rings is 1. The minimum atomic E-state index is -0.489. The quantitative estimate of drug-likeness (QED) is 0.503. The molecule has 1 aromatic rings. The SMILES string of the molecule is COC(=O)CCC(=O)CCc1cc(OC)c(OC(C)=O)c(OC)c1. The van der Waals surface area contributed by atoms with Crippen LogP contribution in [0.25, 0.3) is 0 Å². The first kappa shape index (κ1) is 19.5. The van der Waals surface area contributed by atoms with Crippen molar-refractivity contribution in [2.75, 3.05) is 21.3 Å². The van der Waals surface area contributed by atoms with Gasteiger partial charge in [-0.2, -0.15) is 0 Å². The largest absolute Gasteiger partial charge is 0.493 e. The second-order valence-electron chi connectivity index (χ2n) is 5.04. The Morgan fingerprint density at radius 1 is 0.917 bits per heavy atom. The molecule has 0 saturated heterocycles. The molecular weight excluding hydrogens is 316 g/mol. The highest BCUT2D eigenvalue weighted by Gasteiger charge is 2.16. The Morgan fingerprint density at radius 2 is 1.50 bits per heavy atom. The molecule has 0 aliphatic rings. The van der Waals surface area contributed by atoms with Crippen LogP contribution < -0.4 is 14.2 Å². The monoisotopic (exact) mass is 338 g/mol. The van der Waals surface area contributed by atoms with Crippen molar-refractivity contribution in [2.24, 2.45) is 0 Å². The summed E-state index contributed by atoms with van der Waals surface area (Å²) in [6, 6.07) is 3.38. The predicted molar refractivity (Wildman–Crippen MR) is 85.4 cm³/mol. The minimum absolute atomic E-state index is 0.0394. The van der Waals surface area contributed by atoms with E-state index in [0.717, 1.165) is 5.56 Å². The zero-order valence-electron chi connectivity index (χ0n) is 14.3. The molecule has 0 spiro atoms. The van der Waals surface area contributed by atoms with Gasteiger partial charge in [0, 0.05) is 19.8 Å². The number of rotatable bonds is 9. The molecule has 0 unspecified atom stereocenters. The first-order chi connectivity index (χ1) is 11.4. The first-order valence-corrected chi connectivity index (χ1v) is 7.43. The zero-order valence-corrected chi connectivity index (χ0v) is 14.3. The van der Waals surface area contributed by atoms with Gasteiger partial charge >= 0.3 is 11.9 Å². The standard InChI is InChI=1S/C17H22O7/c1-11(18)24-17-14(21-2)9-12(10-15(17)22-3)5-6-13(19)7-8-16(20)23-4/h9-10H,5-8H2,1-4H3. The third-order valence-corrected chi connectivity index (χ3v) is 3.29. The normalized spacial score (nSPS) is 10.0. The molecule has 1 aromatic carbocycles. The van der Waals surface area contributed by atoms with Crippen LogP contribution in [0.3, 0.4) is 0 Å². The number of esters is 2. The van der Waals surface area contributed by atoms with Gasteiger partial charge in [-0.1, -0.05) is 0 Å². The molecule has 0 amide bonds. The second-order valence-corrected chi connectivity index (χ2v) is 5.04. The Labute approximate surface area is 140 Å². The van der Waals surface area contributed by atoms with Crippen LogP contribution in [-0.2, 0) is 25.5 Å². The Bertz CT molecular complexity index is 582. The van der Waals surface area contributed by atoms with E-state index in [1.807, 2.05) is 0 Å². The lowest BCUT2D eigenvalue weighted by Crippen LogP contribution is -2.07. The summed E-state index contributed by atoms with van der Waals surface area (Å²) in [7, 11) is 4.19. The number of methoxy groups -OCH3 is 3. The van der Waals surface area contributed by atoms with Crippen LogP contribution in [0, 0.1) is 0 Å². The van der Waals surface area contributed by atoms with Crippen molar-refractivity contribution < 1.29 is 33.3 Å². The number of hydrogen-bond donors (Lipinski definition) is 0. The maximum absolute atomic E-state index is 11.8. The van der Waals surface area contributed by atoms with Crippen LogP contribution in [-0.4, -0.2) is 39.1 Å². The summed E-state index contributed by atoms with van der Waals surface area (Å²) in [5.41, 5.74) is 0.797. The minimum Gasteiger partial charge on any atom is -0.493 e. The summed E-state index contributed by atoms with van der Waals surface area (Å²) in [5.74, 6) is -0.0338. The molecule has 0 N–H and O–H groups in total. The van der Waals surface area contributed by atoms with Gasteiger partial charge in [-0.25, -0.2) is 0 Å². The molecule has 132 valence electrons. The average Bonchev–Trinajstić information content (AvgIpc) is 2.57. The maximum Gasteiger partial charge on any atom is 0.308 e. The number of carbonyl (C=O) groups excluding carboxylic acids is 3. The molecule has 0 saturated carbocycles. The van der Waals surface area contributed by atoms with Gasteiger partial charge in [0.2, 0.25) is 5.75 Å². The first-order valence-electron chi connectivity index (χ1n) is 7.43. The van der Waals surface area contributed by atoms with Crippen LogP contribution in [0.15, 0.2) is 12.1 Å². The lowest BCUT2D eigenvalue weighted by Gasteiger charge is -2.14. The molecule has 0 atom stereocenters. The Balaban J connectivity index is 2.80. The number of carbonyl (C=O) groups is 3. The molecular formula is C17H22O7. The van der Waals surface area contributed by atoms with Crippen LogP contribution in [0.1, 0.15) is 31.7 Å². The van der Waals surface area contributed by atoms with Crippen LogP contribution in [0.4, 0.5) is 0 Å². The molecule has 0 heterocycles. The van der Waals surface area contributed by atoms with Crippen molar-refractivity contribution >= 4 is 17.7 Å². The summed E-state index contributed by atoms with van der Waals surface area (Å²) < 4.78 is 20.1. The van der Waals surface area contributed by atoms with Crippen LogP contribution in [0.2, 0.25) is 0 Å².